The largest absolute Gasteiger partial charge is 0.492 e. The maximum Gasteiger partial charge on any atom is 0.418 e. The molecule has 2 aliphatic rings. The van der Waals surface area contributed by atoms with Crippen LogP contribution in [0.2, 0.25) is 0 Å². The van der Waals surface area contributed by atoms with Gasteiger partial charge in [-0.25, -0.2) is 4.98 Å². The number of carboxylic acid groups (broad SMARTS) is 1. The molecule has 2 atom stereocenters. The van der Waals surface area contributed by atoms with Crippen LogP contribution in [0.5, 0.6) is 17.4 Å². The highest BCUT2D eigenvalue weighted by Gasteiger charge is 2.37. The van der Waals surface area contributed by atoms with Gasteiger partial charge < -0.3 is 19.3 Å². The summed E-state index contributed by atoms with van der Waals surface area (Å²) in [6, 6.07) is 12.7. The van der Waals surface area contributed by atoms with Crippen molar-refractivity contribution in [2.45, 2.75) is 37.5 Å². The summed E-state index contributed by atoms with van der Waals surface area (Å²) in [5.74, 6) is 0.166. The fourth-order valence-corrected chi connectivity index (χ4v) is 4.82. The zero-order valence-corrected chi connectivity index (χ0v) is 18.8. The number of pyridine rings is 1. The van der Waals surface area contributed by atoms with E-state index >= 15 is 0 Å². The average molecular weight is 485 g/mol. The third-order valence-corrected chi connectivity index (χ3v) is 6.42. The summed E-state index contributed by atoms with van der Waals surface area (Å²) in [4.78, 5) is 15.2. The van der Waals surface area contributed by atoms with Crippen molar-refractivity contribution < 1.29 is 37.3 Å². The number of fused-ring (bicyclic) bond motifs is 2. The van der Waals surface area contributed by atoms with Crippen LogP contribution in [-0.4, -0.2) is 29.8 Å². The van der Waals surface area contributed by atoms with E-state index in [2.05, 4.69) is 4.98 Å². The monoisotopic (exact) mass is 485 g/mol. The molecular formula is C26H22F3NO5. The molecule has 2 heterocycles. The first kappa shape index (κ1) is 23.0. The van der Waals surface area contributed by atoms with Crippen molar-refractivity contribution in [3.8, 4) is 28.6 Å². The molecule has 0 amide bonds. The molecule has 6 nitrogen and oxygen atoms in total. The van der Waals surface area contributed by atoms with Crippen LogP contribution in [0.1, 0.15) is 47.1 Å². The molecule has 0 saturated heterocycles. The molecule has 1 aliphatic heterocycles. The van der Waals surface area contributed by atoms with Crippen LogP contribution in [0.3, 0.4) is 0 Å². The van der Waals surface area contributed by atoms with E-state index in [9.17, 15) is 18.0 Å². The van der Waals surface area contributed by atoms with E-state index in [0.717, 1.165) is 22.8 Å². The fourth-order valence-electron chi connectivity index (χ4n) is 4.82. The summed E-state index contributed by atoms with van der Waals surface area (Å²) in [5.41, 5.74) is 1.84. The fraction of sp³-hybridized carbons (Fsp3) is 0.308. The maximum atomic E-state index is 13.7. The van der Waals surface area contributed by atoms with Crippen molar-refractivity contribution >= 4 is 5.97 Å². The van der Waals surface area contributed by atoms with Gasteiger partial charge in [0.15, 0.2) is 0 Å². The van der Waals surface area contributed by atoms with E-state index in [1.807, 2.05) is 12.1 Å². The Kier molecular flexibility index (Phi) is 5.78. The van der Waals surface area contributed by atoms with Gasteiger partial charge in [0, 0.05) is 29.2 Å². The van der Waals surface area contributed by atoms with E-state index in [4.69, 9.17) is 19.3 Å². The molecule has 0 fully saturated rings. The highest BCUT2D eigenvalue weighted by atomic mass is 19.4. The number of nitrogens with zero attached hydrogens (tertiary/aromatic N) is 1. The van der Waals surface area contributed by atoms with Crippen LogP contribution < -0.4 is 14.2 Å². The second kappa shape index (κ2) is 8.79. The van der Waals surface area contributed by atoms with E-state index < -0.39 is 17.7 Å². The van der Waals surface area contributed by atoms with Crippen molar-refractivity contribution in [1.82, 2.24) is 4.98 Å². The molecule has 9 heteroatoms. The van der Waals surface area contributed by atoms with Gasteiger partial charge in [-0.05, 0) is 36.1 Å². The number of benzene rings is 2. The Balaban J connectivity index is 1.45. The summed E-state index contributed by atoms with van der Waals surface area (Å²) in [5, 5.41) is 9.08. The van der Waals surface area contributed by atoms with Crippen molar-refractivity contribution in [2.24, 2.45) is 0 Å². The molecule has 1 N–H and O–H groups in total. The highest BCUT2D eigenvalue weighted by Crippen LogP contribution is 2.45. The lowest BCUT2D eigenvalue weighted by Gasteiger charge is -2.18. The summed E-state index contributed by atoms with van der Waals surface area (Å²) in [6.45, 7) is 0.301. The van der Waals surface area contributed by atoms with Crippen LogP contribution in [-0.2, 0) is 17.4 Å². The molecule has 1 aliphatic carbocycles. The number of carboxylic acids is 1. The minimum Gasteiger partial charge on any atom is -0.492 e. The van der Waals surface area contributed by atoms with Gasteiger partial charge >= 0.3 is 12.1 Å². The Morgan fingerprint density at radius 3 is 2.74 bits per heavy atom. The third-order valence-electron chi connectivity index (χ3n) is 6.42. The first-order valence-corrected chi connectivity index (χ1v) is 11.1. The third kappa shape index (κ3) is 4.38. The number of carbonyl (C=O) groups is 1. The van der Waals surface area contributed by atoms with Gasteiger partial charge in [0.05, 0.1) is 31.4 Å². The molecule has 5 rings (SSSR count). The lowest BCUT2D eigenvalue weighted by atomic mass is 9.97. The number of hydrogen-bond donors (Lipinski definition) is 1. The average Bonchev–Trinajstić information content (AvgIpc) is 3.41. The number of methoxy groups -OCH3 is 1. The van der Waals surface area contributed by atoms with E-state index in [1.165, 1.54) is 13.2 Å². The number of alkyl halides is 3. The Hall–Kier alpha value is -3.75. The van der Waals surface area contributed by atoms with Crippen molar-refractivity contribution in [1.29, 1.82) is 0 Å². The van der Waals surface area contributed by atoms with Gasteiger partial charge in [0.2, 0.25) is 5.88 Å². The Morgan fingerprint density at radius 2 is 2.00 bits per heavy atom. The molecule has 0 spiro atoms. The molecule has 35 heavy (non-hydrogen) atoms. The molecule has 0 bridgehead atoms. The Bertz CT molecular complexity index is 1290. The number of aromatic nitrogens is 1. The van der Waals surface area contributed by atoms with Gasteiger partial charge in [-0.1, -0.05) is 24.3 Å². The molecule has 0 unspecified atom stereocenters. The first-order chi connectivity index (χ1) is 16.7. The van der Waals surface area contributed by atoms with Gasteiger partial charge in [-0.3, -0.25) is 4.79 Å². The summed E-state index contributed by atoms with van der Waals surface area (Å²) >= 11 is 0. The van der Waals surface area contributed by atoms with Crippen LogP contribution in [0.4, 0.5) is 13.2 Å². The van der Waals surface area contributed by atoms with Crippen molar-refractivity contribution in [3.05, 3.63) is 70.8 Å². The molecule has 0 radical (unpaired) electrons. The van der Waals surface area contributed by atoms with Gasteiger partial charge in [0.25, 0.3) is 0 Å². The van der Waals surface area contributed by atoms with Crippen molar-refractivity contribution in [3.63, 3.8) is 0 Å². The Morgan fingerprint density at radius 1 is 1.17 bits per heavy atom. The van der Waals surface area contributed by atoms with Crippen LogP contribution in [0, 0.1) is 0 Å². The normalized spacial score (nSPS) is 18.5. The van der Waals surface area contributed by atoms with Crippen LogP contribution in [0.15, 0.2) is 48.5 Å². The van der Waals surface area contributed by atoms with Crippen LogP contribution >= 0.6 is 0 Å². The lowest BCUT2D eigenvalue weighted by Crippen LogP contribution is -2.10. The number of halogens is 3. The summed E-state index contributed by atoms with van der Waals surface area (Å²) < 4.78 is 58.2. The minimum absolute atomic E-state index is 0.00972. The second-order valence-electron chi connectivity index (χ2n) is 8.57. The number of rotatable bonds is 6. The van der Waals surface area contributed by atoms with Gasteiger partial charge in [-0.15, -0.1) is 0 Å². The SMILES string of the molecule is COc1ccc(C(F)(F)F)c(-c2cccc3c2CC[C@H]3Oc2ccc3c(c2)OC[C@H]3CC(=O)O)n1. The van der Waals surface area contributed by atoms with Gasteiger partial charge in [-0.2, -0.15) is 13.2 Å². The molecule has 3 aromatic rings. The zero-order chi connectivity index (χ0) is 24.7. The van der Waals surface area contributed by atoms with Gasteiger partial charge in [0.1, 0.15) is 17.6 Å². The predicted molar refractivity (Wildman–Crippen MR) is 120 cm³/mol. The Labute approximate surface area is 199 Å². The van der Waals surface area contributed by atoms with E-state index in [0.29, 0.717) is 36.5 Å². The first-order valence-electron chi connectivity index (χ1n) is 11.1. The number of ether oxygens (including phenoxy) is 3. The smallest absolute Gasteiger partial charge is 0.418 e. The predicted octanol–water partition coefficient (Wildman–Crippen LogP) is 5.79. The standard InChI is InChI=1S/C26H22F3NO5/c1-33-23-10-8-20(26(27,28)29)25(30-23)19-4-2-3-18-17(19)7-9-21(18)35-15-5-6-16-14(11-24(31)32)13-34-22(16)12-15/h2-6,8,10,12,14,21H,7,9,11,13H2,1H3,(H,31,32)/t14-,21-/m1/s1. The lowest BCUT2D eigenvalue weighted by molar-refractivity contribution is -0.138. The highest BCUT2D eigenvalue weighted by molar-refractivity contribution is 5.71. The number of aliphatic carboxylic acids is 1. The van der Waals surface area contributed by atoms with Crippen molar-refractivity contribution in [2.75, 3.05) is 13.7 Å². The number of hydrogen-bond acceptors (Lipinski definition) is 5. The summed E-state index contributed by atoms with van der Waals surface area (Å²) in [6.07, 6.45) is -3.79. The summed E-state index contributed by atoms with van der Waals surface area (Å²) in [7, 11) is 1.36. The zero-order valence-electron chi connectivity index (χ0n) is 18.8. The quantitative estimate of drug-likeness (QED) is 0.476. The minimum atomic E-state index is -4.56. The topological polar surface area (TPSA) is 77.9 Å². The van der Waals surface area contributed by atoms with Crippen LogP contribution in [0.25, 0.3) is 11.3 Å². The maximum absolute atomic E-state index is 13.7. The molecular weight excluding hydrogens is 463 g/mol. The second-order valence-corrected chi connectivity index (χ2v) is 8.57. The molecule has 2 aromatic carbocycles. The molecule has 1 aromatic heterocycles. The van der Waals surface area contributed by atoms with E-state index in [-0.39, 0.29) is 30.0 Å². The molecule has 0 saturated carbocycles. The molecule has 182 valence electrons. The van der Waals surface area contributed by atoms with E-state index in [1.54, 1.807) is 24.3 Å².